The summed E-state index contributed by atoms with van der Waals surface area (Å²) in [6, 6.07) is 14.1. The Balaban J connectivity index is 1.59. The first-order valence-electron chi connectivity index (χ1n) is 8.45. The highest BCUT2D eigenvalue weighted by molar-refractivity contribution is 5.94. The van der Waals surface area contributed by atoms with Gasteiger partial charge in [0, 0.05) is 31.5 Å². The predicted octanol–water partition coefficient (Wildman–Crippen LogP) is 3.32. The number of hydrogen-bond acceptors (Lipinski definition) is 2. The first kappa shape index (κ1) is 15.4. The monoisotopic (exact) mass is 332 g/mol. The van der Waals surface area contributed by atoms with E-state index in [0.29, 0.717) is 12.2 Å². The number of hydrogen-bond donors (Lipinski definition) is 1. The molecule has 4 rings (SSSR count). The van der Waals surface area contributed by atoms with Gasteiger partial charge in [0.05, 0.1) is 5.69 Å². The number of nitrogens with one attached hydrogen (secondary N) is 1. The van der Waals surface area contributed by atoms with Crippen LogP contribution in [0.25, 0.3) is 16.6 Å². The summed E-state index contributed by atoms with van der Waals surface area (Å²) in [6.45, 7) is 2.51. The zero-order valence-corrected chi connectivity index (χ0v) is 14.4. The Kier molecular flexibility index (Phi) is 3.76. The van der Waals surface area contributed by atoms with E-state index in [1.807, 2.05) is 49.0 Å². The molecule has 0 bridgehead atoms. The molecular formula is C20H20N4O. The molecule has 0 aliphatic rings. The summed E-state index contributed by atoms with van der Waals surface area (Å²) < 4.78 is 3.94. The number of pyridine rings is 1. The van der Waals surface area contributed by atoms with Gasteiger partial charge in [0.15, 0.2) is 0 Å². The molecular weight excluding hydrogens is 312 g/mol. The summed E-state index contributed by atoms with van der Waals surface area (Å²) in [5, 5.41) is 4.21. The van der Waals surface area contributed by atoms with E-state index in [1.165, 1.54) is 10.9 Å². The van der Waals surface area contributed by atoms with Gasteiger partial charge in [0.25, 0.3) is 5.91 Å². The normalized spacial score (nSPS) is 11.3. The van der Waals surface area contributed by atoms with Crippen molar-refractivity contribution in [3.05, 3.63) is 71.8 Å². The lowest BCUT2D eigenvalue weighted by Crippen LogP contribution is -2.25. The number of carbonyl (C=O) groups is 1. The standard InChI is InChI=1S/C20H20N4O/c1-3-16-19(24-10-5-4-6-18(24)22-16)20(25)21-13-14-7-8-17-15(12-14)9-11-23(17)2/h4-12H,3,13H2,1-2H3,(H,21,25). The maximum atomic E-state index is 12.8. The zero-order valence-electron chi connectivity index (χ0n) is 14.4. The van der Waals surface area contributed by atoms with Gasteiger partial charge < -0.3 is 9.88 Å². The molecule has 4 aromatic rings. The van der Waals surface area contributed by atoms with Crippen molar-refractivity contribution in [3.8, 4) is 0 Å². The smallest absolute Gasteiger partial charge is 0.270 e. The lowest BCUT2D eigenvalue weighted by atomic mass is 10.1. The number of carbonyl (C=O) groups excluding carboxylic acids is 1. The minimum Gasteiger partial charge on any atom is -0.351 e. The number of aryl methyl sites for hydroxylation is 2. The molecule has 0 saturated carbocycles. The van der Waals surface area contributed by atoms with Crippen LogP contribution in [0.1, 0.15) is 28.7 Å². The molecule has 3 heterocycles. The van der Waals surface area contributed by atoms with E-state index in [-0.39, 0.29) is 5.91 Å². The van der Waals surface area contributed by atoms with Crippen molar-refractivity contribution in [1.82, 2.24) is 19.3 Å². The molecule has 126 valence electrons. The third-order valence-corrected chi connectivity index (χ3v) is 4.55. The topological polar surface area (TPSA) is 51.3 Å². The van der Waals surface area contributed by atoms with Crippen molar-refractivity contribution >= 4 is 22.5 Å². The molecule has 0 fully saturated rings. The highest BCUT2D eigenvalue weighted by Crippen LogP contribution is 2.17. The number of rotatable bonds is 4. The van der Waals surface area contributed by atoms with Crippen LogP contribution in [0.5, 0.6) is 0 Å². The number of fused-ring (bicyclic) bond motifs is 2. The molecule has 0 aliphatic carbocycles. The minimum atomic E-state index is -0.0938. The number of benzene rings is 1. The van der Waals surface area contributed by atoms with Crippen molar-refractivity contribution < 1.29 is 4.79 Å². The van der Waals surface area contributed by atoms with E-state index in [1.54, 1.807) is 0 Å². The van der Waals surface area contributed by atoms with Crippen LogP contribution in [0.15, 0.2) is 54.9 Å². The first-order valence-corrected chi connectivity index (χ1v) is 8.45. The van der Waals surface area contributed by atoms with Gasteiger partial charge in [0.2, 0.25) is 0 Å². The van der Waals surface area contributed by atoms with Gasteiger partial charge in [-0.1, -0.05) is 19.1 Å². The third kappa shape index (κ3) is 2.67. The van der Waals surface area contributed by atoms with Gasteiger partial charge in [0.1, 0.15) is 11.3 Å². The van der Waals surface area contributed by atoms with E-state index < -0.39 is 0 Å². The van der Waals surface area contributed by atoms with E-state index >= 15 is 0 Å². The average Bonchev–Trinajstić information content (AvgIpc) is 3.20. The first-order chi connectivity index (χ1) is 12.2. The summed E-state index contributed by atoms with van der Waals surface area (Å²) in [4.78, 5) is 17.3. The number of amides is 1. The van der Waals surface area contributed by atoms with Gasteiger partial charge in [-0.15, -0.1) is 0 Å². The van der Waals surface area contributed by atoms with Crippen LogP contribution in [0.4, 0.5) is 0 Å². The molecule has 1 aromatic carbocycles. The zero-order chi connectivity index (χ0) is 17.4. The predicted molar refractivity (Wildman–Crippen MR) is 98.7 cm³/mol. The van der Waals surface area contributed by atoms with E-state index in [2.05, 4.69) is 39.1 Å². The Morgan fingerprint density at radius 1 is 1.16 bits per heavy atom. The van der Waals surface area contributed by atoms with Crippen LogP contribution in [0.3, 0.4) is 0 Å². The summed E-state index contributed by atoms with van der Waals surface area (Å²) in [5.74, 6) is -0.0938. The van der Waals surface area contributed by atoms with Gasteiger partial charge in [-0.3, -0.25) is 9.20 Å². The van der Waals surface area contributed by atoms with Crippen molar-refractivity contribution in [1.29, 1.82) is 0 Å². The molecule has 0 spiro atoms. The summed E-state index contributed by atoms with van der Waals surface area (Å²) in [5.41, 5.74) is 4.51. The highest BCUT2D eigenvalue weighted by Gasteiger charge is 2.17. The van der Waals surface area contributed by atoms with Crippen LogP contribution in [0.2, 0.25) is 0 Å². The third-order valence-electron chi connectivity index (χ3n) is 4.55. The molecule has 0 unspecified atom stereocenters. The van der Waals surface area contributed by atoms with Crippen molar-refractivity contribution in [2.45, 2.75) is 19.9 Å². The second-order valence-electron chi connectivity index (χ2n) is 6.19. The fourth-order valence-electron chi connectivity index (χ4n) is 3.24. The van der Waals surface area contributed by atoms with Crippen LogP contribution >= 0.6 is 0 Å². The Bertz CT molecular complexity index is 1070. The fraction of sp³-hybridized carbons (Fsp3) is 0.200. The second-order valence-corrected chi connectivity index (χ2v) is 6.19. The van der Waals surface area contributed by atoms with Gasteiger partial charge >= 0.3 is 0 Å². The molecule has 5 nitrogen and oxygen atoms in total. The molecule has 0 radical (unpaired) electrons. The highest BCUT2D eigenvalue weighted by atomic mass is 16.1. The fourth-order valence-corrected chi connectivity index (χ4v) is 3.24. The maximum absolute atomic E-state index is 12.8. The average molecular weight is 332 g/mol. The van der Waals surface area contributed by atoms with Crippen molar-refractivity contribution in [2.24, 2.45) is 7.05 Å². The Morgan fingerprint density at radius 2 is 2.04 bits per heavy atom. The summed E-state index contributed by atoms with van der Waals surface area (Å²) in [6.07, 6.45) is 4.64. The van der Waals surface area contributed by atoms with Crippen LogP contribution in [-0.2, 0) is 20.0 Å². The van der Waals surface area contributed by atoms with E-state index in [4.69, 9.17) is 0 Å². The maximum Gasteiger partial charge on any atom is 0.270 e. The Morgan fingerprint density at radius 3 is 2.88 bits per heavy atom. The van der Waals surface area contributed by atoms with Gasteiger partial charge in [-0.2, -0.15) is 0 Å². The van der Waals surface area contributed by atoms with Crippen molar-refractivity contribution in [3.63, 3.8) is 0 Å². The largest absolute Gasteiger partial charge is 0.351 e. The van der Waals surface area contributed by atoms with E-state index in [0.717, 1.165) is 23.3 Å². The quantitative estimate of drug-likeness (QED) is 0.623. The molecule has 0 saturated heterocycles. The second kappa shape index (κ2) is 6.09. The SMILES string of the molecule is CCc1nc2ccccn2c1C(=O)NCc1ccc2c(ccn2C)c1. The Labute approximate surface area is 145 Å². The van der Waals surface area contributed by atoms with Gasteiger partial charge in [-0.25, -0.2) is 4.98 Å². The van der Waals surface area contributed by atoms with Gasteiger partial charge in [-0.05, 0) is 47.7 Å². The molecule has 1 N–H and O–H groups in total. The molecule has 0 aliphatic heterocycles. The number of aromatic nitrogens is 3. The molecule has 0 atom stereocenters. The van der Waals surface area contributed by atoms with Crippen LogP contribution in [0, 0.1) is 0 Å². The minimum absolute atomic E-state index is 0.0938. The van der Waals surface area contributed by atoms with Crippen LogP contribution < -0.4 is 5.32 Å². The molecule has 1 amide bonds. The van der Waals surface area contributed by atoms with Crippen molar-refractivity contribution in [2.75, 3.05) is 0 Å². The Hall–Kier alpha value is -3.08. The summed E-state index contributed by atoms with van der Waals surface area (Å²) in [7, 11) is 2.03. The lowest BCUT2D eigenvalue weighted by molar-refractivity contribution is 0.0944. The molecule has 5 heteroatoms. The number of nitrogens with zero attached hydrogens (tertiary/aromatic N) is 3. The van der Waals surface area contributed by atoms with Crippen LogP contribution in [-0.4, -0.2) is 19.9 Å². The van der Waals surface area contributed by atoms with E-state index in [9.17, 15) is 4.79 Å². The lowest BCUT2D eigenvalue weighted by Gasteiger charge is -2.07. The molecule has 3 aromatic heterocycles. The molecule has 25 heavy (non-hydrogen) atoms. The number of imidazole rings is 1. The summed E-state index contributed by atoms with van der Waals surface area (Å²) >= 11 is 0.